The molecule has 0 bridgehead atoms. The van der Waals surface area contributed by atoms with Crippen molar-refractivity contribution in [2.75, 3.05) is 10.6 Å². The third-order valence-electron chi connectivity index (χ3n) is 5.63. The van der Waals surface area contributed by atoms with E-state index in [1.165, 1.54) is 30.0 Å². The maximum Gasteiger partial charge on any atom is 0.229 e. The zero-order valence-electron chi connectivity index (χ0n) is 17.1. The minimum absolute atomic E-state index is 0.168. The summed E-state index contributed by atoms with van der Waals surface area (Å²) in [6.07, 6.45) is 8.78. The van der Waals surface area contributed by atoms with Crippen LogP contribution >= 0.6 is 0 Å². The first-order chi connectivity index (χ1) is 15.3. The van der Waals surface area contributed by atoms with Gasteiger partial charge in [-0.3, -0.25) is 4.98 Å². The number of nitrogens with zero attached hydrogens (tertiary/aromatic N) is 5. The highest BCUT2D eigenvalue weighted by atomic mass is 19.1. The molecule has 1 aliphatic carbocycles. The number of benzene rings is 1. The molecular formula is C23H24FN7. The van der Waals surface area contributed by atoms with Crippen LogP contribution < -0.4 is 10.6 Å². The lowest BCUT2D eigenvalue weighted by molar-refractivity contribution is 0.460. The van der Waals surface area contributed by atoms with Gasteiger partial charge in [-0.2, -0.15) is 19.6 Å². The molecule has 1 saturated carbocycles. The van der Waals surface area contributed by atoms with E-state index < -0.39 is 5.82 Å². The van der Waals surface area contributed by atoms with Crippen LogP contribution in [0, 0.1) is 5.82 Å². The van der Waals surface area contributed by atoms with Gasteiger partial charge in [-0.05, 0) is 30.5 Å². The van der Waals surface area contributed by atoms with Gasteiger partial charge in [0.05, 0.1) is 11.9 Å². The van der Waals surface area contributed by atoms with Crippen molar-refractivity contribution in [3.05, 3.63) is 66.2 Å². The summed E-state index contributed by atoms with van der Waals surface area (Å²) < 4.78 is 15.6. The van der Waals surface area contributed by atoms with Gasteiger partial charge in [0.25, 0.3) is 0 Å². The van der Waals surface area contributed by atoms with Crippen LogP contribution in [-0.2, 0) is 6.54 Å². The molecular weight excluding hydrogens is 393 g/mol. The van der Waals surface area contributed by atoms with Crippen LogP contribution in [0.5, 0.6) is 0 Å². The topological polar surface area (TPSA) is 80.0 Å². The Balaban J connectivity index is 1.34. The highest BCUT2D eigenvalue weighted by molar-refractivity contribution is 5.59. The standard InChI is InChI=1S/C23H24FN7/c24-19-15-27-31-21(19)29-22(28-18-6-2-1-3-7-18)30-23(31)26-14-16-9-11-17(12-10-16)20-8-4-5-13-25-20/h4-5,8-13,15,18H,1-3,6-7,14H2,(H2,26,28,29,30). The number of hydrogen-bond acceptors (Lipinski definition) is 6. The summed E-state index contributed by atoms with van der Waals surface area (Å²) in [6.45, 7) is 0.527. The first-order valence-electron chi connectivity index (χ1n) is 10.7. The van der Waals surface area contributed by atoms with Gasteiger partial charge < -0.3 is 10.6 Å². The fraction of sp³-hybridized carbons (Fsp3) is 0.304. The van der Waals surface area contributed by atoms with Gasteiger partial charge in [0.15, 0.2) is 11.5 Å². The third-order valence-corrected chi connectivity index (χ3v) is 5.63. The van der Waals surface area contributed by atoms with Crippen LogP contribution in [0.3, 0.4) is 0 Å². The molecule has 0 amide bonds. The normalized spacial score (nSPS) is 14.6. The summed E-state index contributed by atoms with van der Waals surface area (Å²) in [6, 6.07) is 14.4. The lowest BCUT2D eigenvalue weighted by Crippen LogP contribution is -2.24. The molecule has 1 fully saturated rings. The number of nitrogens with one attached hydrogen (secondary N) is 2. The van der Waals surface area contributed by atoms with Gasteiger partial charge in [0.1, 0.15) is 0 Å². The Morgan fingerprint density at radius 2 is 1.84 bits per heavy atom. The summed E-state index contributed by atoms with van der Waals surface area (Å²) >= 11 is 0. The average molecular weight is 417 g/mol. The number of halogens is 1. The number of pyridine rings is 1. The Hall–Kier alpha value is -3.55. The highest BCUT2D eigenvalue weighted by Crippen LogP contribution is 2.22. The van der Waals surface area contributed by atoms with E-state index in [1.807, 2.05) is 42.5 Å². The Bertz CT molecular complexity index is 1150. The molecule has 0 spiro atoms. The summed E-state index contributed by atoms with van der Waals surface area (Å²) in [5.41, 5.74) is 3.23. The van der Waals surface area contributed by atoms with Crippen LogP contribution in [-0.4, -0.2) is 30.6 Å². The molecule has 0 saturated heterocycles. The maximum absolute atomic E-state index is 14.2. The van der Waals surface area contributed by atoms with Gasteiger partial charge in [-0.15, -0.1) is 0 Å². The SMILES string of the molecule is Fc1cnn2c(NCc3ccc(-c4ccccn4)cc3)nc(NC3CCCCC3)nc12. The molecule has 0 radical (unpaired) electrons. The monoisotopic (exact) mass is 417 g/mol. The summed E-state index contributed by atoms with van der Waals surface area (Å²) in [4.78, 5) is 13.3. The molecule has 3 aromatic heterocycles. The molecule has 1 aromatic carbocycles. The molecule has 3 heterocycles. The van der Waals surface area contributed by atoms with Crippen molar-refractivity contribution in [2.45, 2.75) is 44.7 Å². The fourth-order valence-corrected chi connectivity index (χ4v) is 3.97. The Labute approximate surface area is 179 Å². The second kappa shape index (κ2) is 8.67. The zero-order chi connectivity index (χ0) is 21.0. The molecule has 0 unspecified atom stereocenters. The number of anilines is 2. The Morgan fingerprint density at radius 1 is 1.00 bits per heavy atom. The number of hydrogen-bond donors (Lipinski definition) is 2. The quantitative estimate of drug-likeness (QED) is 0.474. The molecule has 0 aliphatic heterocycles. The minimum atomic E-state index is -0.461. The third kappa shape index (κ3) is 4.33. The van der Waals surface area contributed by atoms with Crippen molar-refractivity contribution in [3.63, 3.8) is 0 Å². The van der Waals surface area contributed by atoms with Gasteiger partial charge in [0.2, 0.25) is 11.9 Å². The summed E-state index contributed by atoms with van der Waals surface area (Å²) in [5, 5.41) is 10.7. The first kappa shape index (κ1) is 19.4. The largest absolute Gasteiger partial charge is 0.351 e. The van der Waals surface area contributed by atoms with Crippen LogP contribution in [0.1, 0.15) is 37.7 Å². The molecule has 31 heavy (non-hydrogen) atoms. The smallest absolute Gasteiger partial charge is 0.229 e. The van der Waals surface area contributed by atoms with E-state index in [0.29, 0.717) is 24.5 Å². The van der Waals surface area contributed by atoms with E-state index in [2.05, 4.69) is 30.7 Å². The second-order valence-corrected chi connectivity index (χ2v) is 7.84. The lowest BCUT2D eigenvalue weighted by atomic mass is 9.96. The molecule has 4 aromatic rings. The molecule has 2 N–H and O–H groups in total. The minimum Gasteiger partial charge on any atom is -0.351 e. The summed E-state index contributed by atoms with van der Waals surface area (Å²) in [5.74, 6) is 0.435. The van der Waals surface area contributed by atoms with Crippen molar-refractivity contribution in [1.29, 1.82) is 0 Å². The van der Waals surface area contributed by atoms with E-state index in [9.17, 15) is 4.39 Å². The molecule has 8 heteroatoms. The van der Waals surface area contributed by atoms with E-state index in [1.54, 1.807) is 6.20 Å². The number of aromatic nitrogens is 5. The second-order valence-electron chi connectivity index (χ2n) is 7.84. The summed E-state index contributed by atoms with van der Waals surface area (Å²) in [7, 11) is 0. The van der Waals surface area contributed by atoms with Crippen molar-refractivity contribution in [2.24, 2.45) is 0 Å². The van der Waals surface area contributed by atoms with Crippen LogP contribution in [0.15, 0.2) is 54.9 Å². The van der Waals surface area contributed by atoms with Crippen molar-refractivity contribution in [3.8, 4) is 11.3 Å². The van der Waals surface area contributed by atoms with Crippen molar-refractivity contribution in [1.82, 2.24) is 24.6 Å². The predicted molar refractivity (Wildman–Crippen MR) is 118 cm³/mol. The fourth-order valence-electron chi connectivity index (χ4n) is 3.97. The maximum atomic E-state index is 14.2. The predicted octanol–water partition coefficient (Wildman–Crippen LogP) is 4.68. The van der Waals surface area contributed by atoms with E-state index in [0.717, 1.165) is 29.7 Å². The van der Waals surface area contributed by atoms with Crippen LogP contribution in [0.2, 0.25) is 0 Å². The molecule has 158 valence electrons. The highest BCUT2D eigenvalue weighted by Gasteiger charge is 2.17. The number of rotatable bonds is 6. The molecule has 5 rings (SSSR count). The van der Waals surface area contributed by atoms with Crippen LogP contribution in [0.4, 0.5) is 16.3 Å². The van der Waals surface area contributed by atoms with E-state index in [4.69, 9.17) is 0 Å². The molecule has 1 aliphatic rings. The average Bonchev–Trinajstić information content (AvgIpc) is 3.20. The van der Waals surface area contributed by atoms with Gasteiger partial charge in [-0.1, -0.05) is 49.6 Å². The van der Waals surface area contributed by atoms with Gasteiger partial charge in [-0.25, -0.2) is 4.39 Å². The van der Waals surface area contributed by atoms with Gasteiger partial charge in [0, 0.05) is 24.3 Å². The zero-order valence-corrected chi connectivity index (χ0v) is 17.1. The molecule has 0 atom stereocenters. The molecule has 7 nitrogen and oxygen atoms in total. The van der Waals surface area contributed by atoms with E-state index >= 15 is 0 Å². The van der Waals surface area contributed by atoms with Gasteiger partial charge >= 0.3 is 0 Å². The van der Waals surface area contributed by atoms with Crippen molar-refractivity contribution >= 4 is 17.5 Å². The van der Waals surface area contributed by atoms with Crippen molar-refractivity contribution < 1.29 is 4.39 Å². The lowest BCUT2D eigenvalue weighted by Gasteiger charge is -2.23. The van der Waals surface area contributed by atoms with E-state index in [-0.39, 0.29) is 5.65 Å². The first-order valence-corrected chi connectivity index (χ1v) is 10.7. The number of fused-ring (bicyclic) bond motifs is 1. The Morgan fingerprint density at radius 3 is 2.61 bits per heavy atom. The Kier molecular flexibility index (Phi) is 5.43. The van der Waals surface area contributed by atoms with Crippen LogP contribution in [0.25, 0.3) is 16.9 Å².